The first-order chi connectivity index (χ1) is 16.9. The number of esters is 1. The van der Waals surface area contributed by atoms with Crippen molar-refractivity contribution in [2.45, 2.75) is 20.0 Å². The van der Waals surface area contributed by atoms with E-state index in [4.69, 9.17) is 9.26 Å². The van der Waals surface area contributed by atoms with Gasteiger partial charge in [0, 0.05) is 10.9 Å². The number of aromatic nitrogens is 4. The molecule has 0 N–H and O–H groups in total. The minimum absolute atomic E-state index is 0.0313. The van der Waals surface area contributed by atoms with Gasteiger partial charge in [-0.3, -0.25) is 4.79 Å². The van der Waals surface area contributed by atoms with Gasteiger partial charge in [0.2, 0.25) is 5.82 Å². The van der Waals surface area contributed by atoms with Crippen LogP contribution in [0.4, 0.5) is 4.39 Å². The van der Waals surface area contributed by atoms with Crippen molar-refractivity contribution in [1.29, 1.82) is 0 Å². The minimum atomic E-state index is -0.920. The fourth-order valence-electron chi connectivity index (χ4n) is 3.60. The van der Waals surface area contributed by atoms with Crippen LogP contribution in [0.15, 0.2) is 82.1 Å². The standard InChI is InChI=1S/C26H19FN4O4/c1-15-12-13-17(14-21(15)27)23-28-24(35-30-23)16(2)34-26(33)22-19-10-6-7-11-20(19)25(32)31(29-22)18-8-4-3-5-9-18/h3-14,16H,1-2H3. The Kier molecular flexibility index (Phi) is 5.66. The lowest BCUT2D eigenvalue weighted by Crippen LogP contribution is -2.25. The van der Waals surface area contributed by atoms with Gasteiger partial charge in [-0.05, 0) is 43.7 Å². The van der Waals surface area contributed by atoms with Crippen molar-refractivity contribution in [2.24, 2.45) is 0 Å². The van der Waals surface area contributed by atoms with E-state index < -0.39 is 12.1 Å². The zero-order valence-corrected chi connectivity index (χ0v) is 18.8. The topological polar surface area (TPSA) is 100 Å². The van der Waals surface area contributed by atoms with Gasteiger partial charge in [0.25, 0.3) is 11.4 Å². The molecule has 2 aromatic heterocycles. The number of carbonyl (C=O) groups is 1. The highest BCUT2D eigenvalue weighted by Crippen LogP contribution is 2.24. The molecule has 0 bridgehead atoms. The molecule has 1 atom stereocenters. The Labute approximate surface area is 198 Å². The van der Waals surface area contributed by atoms with E-state index in [1.165, 1.54) is 10.7 Å². The Bertz CT molecular complexity index is 1610. The number of hydrogen-bond donors (Lipinski definition) is 0. The number of nitrogens with zero attached hydrogens (tertiary/aromatic N) is 4. The van der Waals surface area contributed by atoms with Crippen molar-refractivity contribution >= 4 is 16.7 Å². The quantitative estimate of drug-likeness (QED) is 0.340. The Hall–Kier alpha value is -4.66. The smallest absolute Gasteiger partial charge is 0.360 e. The molecule has 0 spiro atoms. The van der Waals surface area contributed by atoms with Crippen molar-refractivity contribution in [3.63, 3.8) is 0 Å². The van der Waals surface area contributed by atoms with E-state index in [-0.39, 0.29) is 28.8 Å². The van der Waals surface area contributed by atoms with Gasteiger partial charge in [-0.1, -0.05) is 53.7 Å². The third-order valence-electron chi connectivity index (χ3n) is 5.50. The van der Waals surface area contributed by atoms with Crippen LogP contribution in [0.2, 0.25) is 0 Å². The first-order valence-corrected chi connectivity index (χ1v) is 10.8. The van der Waals surface area contributed by atoms with Crippen LogP contribution < -0.4 is 5.56 Å². The second-order valence-corrected chi connectivity index (χ2v) is 7.91. The van der Waals surface area contributed by atoms with E-state index in [1.54, 1.807) is 74.5 Å². The van der Waals surface area contributed by atoms with Gasteiger partial charge in [0.15, 0.2) is 11.8 Å². The zero-order valence-electron chi connectivity index (χ0n) is 18.8. The van der Waals surface area contributed by atoms with Gasteiger partial charge in [-0.2, -0.15) is 14.8 Å². The molecule has 1 unspecified atom stereocenters. The summed E-state index contributed by atoms with van der Waals surface area (Å²) in [6.45, 7) is 3.22. The number of hydrogen-bond acceptors (Lipinski definition) is 7. The van der Waals surface area contributed by atoms with Gasteiger partial charge in [-0.25, -0.2) is 9.18 Å². The number of fused-ring (bicyclic) bond motifs is 1. The van der Waals surface area contributed by atoms with E-state index in [9.17, 15) is 14.0 Å². The average molecular weight is 470 g/mol. The fraction of sp³-hybridized carbons (Fsp3) is 0.115. The highest BCUT2D eigenvalue weighted by molar-refractivity contribution is 6.02. The summed E-state index contributed by atoms with van der Waals surface area (Å²) in [5.41, 5.74) is 1.05. The minimum Gasteiger partial charge on any atom is -0.448 e. The molecule has 5 rings (SSSR count). The SMILES string of the molecule is Cc1ccc(-c2noc(C(C)OC(=O)c3nn(-c4ccccc4)c(=O)c4ccccc34)n2)cc1F. The molecule has 0 aliphatic heterocycles. The number of aryl methyl sites for hydroxylation is 1. The number of para-hydroxylation sites is 1. The van der Waals surface area contributed by atoms with Crippen LogP contribution in [0.25, 0.3) is 27.8 Å². The highest BCUT2D eigenvalue weighted by atomic mass is 19.1. The fourth-order valence-corrected chi connectivity index (χ4v) is 3.60. The molecule has 8 nitrogen and oxygen atoms in total. The largest absolute Gasteiger partial charge is 0.448 e. The number of benzene rings is 3. The summed E-state index contributed by atoms with van der Waals surface area (Å²) in [4.78, 5) is 30.4. The summed E-state index contributed by atoms with van der Waals surface area (Å²) >= 11 is 0. The van der Waals surface area contributed by atoms with Crippen LogP contribution in [0.5, 0.6) is 0 Å². The lowest BCUT2D eigenvalue weighted by Gasteiger charge is -2.12. The molecule has 5 aromatic rings. The molecular formula is C26H19FN4O4. The Morgan fingerprint density at radius 1 is 1.03 bits per heavy atom. The number of ether oxygens (including phenoxy) is 1. The highest BCUT2D eigenvalue weighted by Gasteiger charge is 2.24. The monoisotopic (exact) mass is 470 g/mol. The van der Waals surface area contributed by atoms with Gasteiger partial charge >= 0.3 is 5.97 Å². The van der Waals surface area contributed by atoms with E-state index in [0.717, 1.165) is 0 Å². The van der Waals surface area contributed by atoms with Gasteiger partial charge < -0.3 is 9.26 Å². The molecule has 2 heterocycles. The lowest BCUT2D eigenvalue weighted by molar-refractivity contribution is 0.0259. The Balaban J connectivity index is 1.47. The van der Waals surface area contributed by atoms with E-state index in [2.05, 4.69) is 15.2 Å². The third-order valence-corrected chi connectivity index (χ3v) is 5.50. The summed E-state index contributed by atoms with van der Waals surface area (Å²) in [6, 6.07) is 20.1. The second kappa shape index (κ2) is 8.94. The molecule has 0 aliphatic carbocycles. The molecule has 3 aromatic carbocycles. The normalized spacial score (nSPS) is 12.0. The maximum Gasteiger partial charge on any atom is 0.360 e. The van der Waals surface area contributed by atoms with E-state index in [1.807, 2.05) is 6.07 Å². The summed E-state index contributed by atoms with van der Waals surface area (Å²) in [7, 11) is 0. The van der Waals surface area contributed by atoms with Crippen LogP contribution in [-0.2, 0) is 4.74 Å². The van der Waals surface area contributed by atoms with Crippen molar-refractivity contribution in [3.05, 3.63) is 106 Å². The maximum absolute atomic E-state index is 13.9. The van der Waals surface area contributed by atoms with Gasteiger partial charge in [0.05, 0.1) is 11.1 Å². The van der Waals surface area contributed by atoms with Crippen molar-refractivity contribution in [3.8, 4) is 17.1 Å². The molecule has 0 amide bonds. The number of rotatable bonds is 5. The number of carbonyl (C=O) groups excluding carboxylic acids is 1. The first-order valence-electron chi connectivity index (χ1n) is 10.8. The summed E-state index contributed by atoms with van der Waals surface area (Å²) in [5, 5.41) is 8.87. The van der Waals surface area contributed by atoms with Crippen molar-refractivity contribution in [2.75, 3.05) is 0 Å². The third kappa shape index (κ3) is 4.19. The van der Waals surface area contributed by atoms with Crippen LogP contribution in [-0.4, -0.2) is 25.9 Å². The van der Waals surface area contributed by atoms with Gasteiger partial charge in [0.1, 0.15) is 5.82 Å². The molecule has 0 saturated heterocycles. The molecule has 9 heteroatoms. The molecule has 0 fully saturated rings. The summed E-state index contributed by atoms with van der Waals surface area (Å²) in [5.74, 6) is -0.947. The Morgan fingerprint density at radius 2 is 1.74 bits per heavy atom. The average Bonchev–Trinajstić information content (AvgIpc) is 3.37. The summed E-state index contributed by atoms with van der Waals surface area (Å²) < 4.78 is 25.9. The predicted octanol–water partition coefficient (Wildman–Crippen LogP) is 4.80. The molecular weight excluding hydrogens is 451 g/mol. The lowest BCUT2D eigenvalue weighted by atomic mass is 10.1. The predicted molar refractivity (Wildman–Crippen MR) is 126 cm³/mol. The van der Waals surface area contributed by atoms with Gasteiger partial charge in [-0.15, -0.1) is 0 Å². The van der Waals surface area contributed by atoms with Crippen LogP contribution in [0, 0.1) is 12.7 Å². The number of halogens is 1. The van der Waals surface area contributed by atoms with Crippen LogP contribution in [0.1, 0.15) is 35.0 Å². The maximum atomic E-state index is 13.9. The van der Waals surface area contributed by atoms with Crippen molar-refractivity contribution in [1.82, 2.24) is 19.9 Å². The molecule has 174 valence electrons. The molecule has 0 saturated carbocycles. The van der Waals surface area contributed by atoms with E-state index >= 15 is 0 Å². The Morgan fingerprint density at radius 3 is 2.49 bits per heavy atom. The van der Waals surface area contributed by atoms with Crippen molar-refractivity contribution < 1.29 is 18.4 Å². The molecule has 0 aliphatic rings. The van der Waals surface area contributed by atoms with E-state index in [0.29, 0.717) is 27.6 Å². The molecule has 35 heavy (non-hydrogen) atoms. The first kappa shape index (κ1) is 22.1. The van der Waals surface area contributed by atoms with Crippen LogP contribution in [0.3, 0.4) is 0 Å². The molecule has 0 radical (unpaired) electrons. The second-order valence-electron chi connectivity index (χ2n) is 7.91. The zero-order chi connectivity index (χ0) is 24.5. The summed E-state index contributed by atoms with van der Waals surface area (Å²) in [6.07, 6.45) is -0.920. The van der Waals surface area contributed by atoms with Crippen LogP contribution >= 0.6 is 0 Å².